The number of hydrogen-bond donors (Lipinski definition) is 0. The van der Waals surface area contributed by atoms with E-state index in [0.29, 0.717) is 23.1 Å². The summed E-state index contributed by atoms with van der Waals surface area (Å²) in [5.41, 5.74) is 4.15. The van der Waals surface area contributed by atoms with Crippen molar-refractivity contribution in [2.24, 2.45) is 0 Å². The number of nitrogens with zero attached hydrogens (tertiary/aromatic N) is 4. The Morgan fingerprint density at radius 2 is 1.02 bits per heavy atom. The van der Waals surface area contributed by atoms with Gasteiger partial charge in [-0.25, -0.2) is 15.0 Å². The quantitative estimate of drug-likeness (QED) is 0.205. The monoisotopic (exact) mass is 550 g/mol. The third-order valence-corrected chi connectivity index (χ3v) is 8.17. The highest BCUT2D eigenvalue weighted by atomic mass is 16.3. The van der Waals surface area contributed by atoms with Gasteiger partial charge in [0.2, 0.25) is 0 Å². The lowest BCUT2D eigenvalue weighted by atomic mass is 10.00. The second-order valence-corrected chi connectivity index (χ2v) is 10.7. The summed E-state index contributed by atoms with van der Waals surface area (Å²) < 4.78 is 6.14. The van der Waals surface area contributed by atoms with E-state index in [-0.39, 0.29) is 0 Å². The fraction of sp³-hybridized carbons (Fsp3) is 0. The molecule has 9 aromatic rings. The van der Waals surface area contributed by atoms with E-state index in [1.54, 1.807) is 6.20 Å². The van der Waals surface area contributed by atoms with E-state index in [4.69, 9.17) is 19.4 Å². The molecule has 9 rings (SSSR count). The van der Waals surface area contributed by atoms with Crippen LogP contribution in [0.5, 0.6) is 0 Å². The molecule has 0 saturated carbocycles. The zero-order valence-electron chi connectivity index (χ0n) is 22.9. The zero-order valence-corrected chi connectivity index (χ0v) is 22.9. The Bertz CT molecular complexity index is 2530. The summed E-state index contributed by atoms with van der Waals surface area (Å²) in [5.74, 6) is 1.76. The number of para-hydroxylation sites is 1. The minimum atomic E-state index is 0.552. The van der Waals surface area contributed by atoms with Crippen LogP contribution >= 0.6 is 0 Å². The van der Waals surface area contributed by atoms with Crippen LogP contribution < -0.4 is 0 Å². The van der Waals surface area contributed by atoms with E-state index in [9.17, 15) is 0 Å². The summed E-state index contributed by atoms with van der Waals surface area (Å²) in [4.78, 5) is 19.7. The topological polar surface area (TPSA) is 64.7 Å². The Labute approximate surface area is 246 Å². The second kappa shape index (κ2) is 9.29. The predicted octanol–water partition coefficient (Wildman–Crippen LogP) is 9.63. The number of fused-ring (bicyclic) bond motifs is 7. The molecule has 3 heterocycles. The highest BCUT2D eigenvalue weighted by Gasteiger charge is 2.18. The summed E-state index contributed by atoms with van der Waals surface area (Å²) in [7, 11) is 0. The first-order chi connectivity index (χ1) is 21.3. The van der Waals surface area contributed by atoms with E-state index in [2.05, 4.69) is 96.0 Å². The van der Waals surface area contributed by atoms with Gasteiger partial charge in [-0.05, 0) is 50.5 Å². The Kier molecular flexibility index (Phi) is 5.13. The Balaban J connectivity index is 1.30. The summed E-state index contributed by atoms with van der Waals surface area (Å²) >= 11 is 0. The van der Waals surface area contributed by atoms with Crippen LogP contribution in [0.15, 0.2) is 138 Å². The maximum atomic E-state index is 6.14. The van der Waals surface area contributed by atoms with Crippen LogP contribution in [0.25, 0.3) is 88.4 Å². The van der Waals surface area contributed by atoms with Crippen LogP contribution in [0, 0.1) is 0 Å². The van der Waals surface area contributed by atoms with Gasteiger partial charge in [0, 0.05) is 33.7 Å². The smallest absolute Gasteiger partial charge is 0.166 e. The van der Waals surface area contributed by atoms with Crippen molar-refractivity contribution in [3.8, 4) is 34.2 Å². The van der Waals surface area contributed by atoms with Crippen LogP contribution in [0.4, 0.5) is 0 Å². The molecule has 0 aliphatic rings. The lowest BCUT2D eigenvalue weighted by Gasteiger charge is -2.11. The molecule has 0 bridgehead atoms. The lowest BCUT2D eigenvalue weighted by molar-refractivity contribution is 0.667. The van der Waals surface area contributed by atoms with Gasteiger partial charge < -0.3 is 4.42 Å². The molecule has 0 amide bonds. The predicted molar refractivity (Wildman–Crippen MR) is 174 cm³/mol. The summed E-state index contributed by atoms with van der Waals surface area (Å²) in [6.45, 7) is 0. The van der Waals surface area contributed by atoms with Gasteiger partial charge in [0.25, 0.3) is 0 Å². The summed E-state index contributed by atoms with van der Waals surface area (Å²) in [6.07, 6.45) is 3.57. The normalized spacial score (nSPS) is 11.7. The second-order valence-electron chi connectivity index (χ2n) is 10.7. The molecule has 5 heteroatoms. The Morgan fingerprint density at radius 3 is 1.88 bits per heavy atom. The van der Waals surface area contributed by atoms with E-state index < -0.39 is 0 Å². The molecule has 3 aromatic heterocycles. The average molecular weight is 551 g/mol. The maximum Gasteiger partial charge on any atom is 0.166 e. The van der Waals surface area contributed by atoms with Gasteiger partial charge in [-0.15, -0.1) is 0 Å². The van der Waals surface area contributed by atoms with Crippen molar-refractivity contribution in [2.75, 3.05) is 0 Å². The Morgan fingerprint density at radius 1 is 0.419 bits per heavy atom. The van der Waals surface area contributed by atoms with Gasteiger partial charge >= 0.3 is 0 Å². The van der Waals surface area contributed by atoms with Crippen molar-refractivity contribution in [1.82, 2.24) is 19.9 Å². The van der Waals surface area contributed by atoms with E-state index in [1.165, 1.54) is 21.5 Å². The first-order valence-electron chi connectivity index (χ1n) is 14.2. The zero-order chi connectivity index (χ0) is 28.3. The van der Waals surface area contributed by atoms with Crippen LogP contribution in [0.3, 0.4) is 0 Å². The van der Waals surface area contributed by atoms with Gasteiger partial charge in [-0.3, -0.25) is 4.98 Å². The molecule has 0 N–H and O–H groups in total. The standard InChI is InChI=1S/C38H22N4O/c1-2-9-25-19-27(16-13-23(25)7-1)36-40-37(28-17-18-30-26(20-28)15-14-24-8-3-4-10-29(24)30)42-38(41-36)32-21-39-22-34-35(32)31-11-5-6-12-33(31)43-34/h1-22H. The van der Waals surface area contributed by atoms with Gasteiger partial charge in [0.15, 0.2) is 23.1 Å². The molecule has 6 aromatic carbocycles. The average Bonchev–Trinajstić information content (AvgIpc) is 3.46. The molecule has 0 fully saturated rings. The SMILES string of the molecule is c1ccc2cc(-c3nc(-c4ccc5c(ccc6ccccc65)c4)nc(-c4cncc5oc6ccccc6c45)n3)ccc2c1. The van der Waals surface area contributed by atoms with E-state index >= 15 is 0 Å². The Hall–Kier alpha value is -5.94. The molecule has 0 aliphatic heterocycles. The van der Waals surface area contributed by atoms with Crippen molar-refractivity contribution in [2.45, 2.75) is 0 Å². The molecule has 43 heavy (non-hydrogen) atoms. The minimum Gasteiger partial charge on any atom is -0.454 e. The molecular weight excluding hydrogens is 528 g/mol. The number of pyridine rings is 1. The molecule has 0 aliphatic carbocycles. The van der Waals surface area contributed by atoms with E-state index in [0.717, 1.165) is 43.8 Å². The maximum absolute atomic E-state index is 6.14. The molecule has 0 saturated heterocycles. The minimum absolute atomic E-state index is 0.552. The number of hydrogen-bond acceptors (Lipinski definition) is 5. The fourth-order valence-corrected chi connectivity index (χ4v) is 6.08. The summed E-state index contributed by atoms with van der Waals surface area (Å²) in [5, 5.41) is 9.02. The van der Waals surface area contributed by atoms with Crippen LogP contribution in [0.2, 0.25) is 0 Å². The van der Waals surface area contributed by atoms with Crippen molar-refractivity contribution >= 4 is 54.3 Å². The number of aromatic nitrogens is 4. The van der Waals surface area contributed by atoms with Crippen LogP contribution in [-0.4, -0.2) is 19.9 Å². The molecule has 0 spiro atoms. The first kappa shape index (κ1) is 23.7. The molecule has 0 unspecified atom stereocenters. The molecule has 0 atom stereocenters. The highest BCUT2D eigenvalue weighted by molar-refractivity contribution is 6.11. The van der Waals surface area contributed by atoms with Crippen molar-refractivity contribution < 1.29 is 4.42 Å². The first-order valence-corrected chi connectivity index (χ1v) is 14.2. The fourth-order valence-electron chi connectivity index (χ4n) is 6.08. The number of rotatable bonds is 3. The van der Waals surface area contributed by atoms with Crippen LogP contribution in [-0.2, 0) is 0 Å². The largest absolute Gasteiger partial charge is 0.454 e. The van der Waals surface area contributed by atoms with Crippen molar-refractivity contribution in [1.29, 1.82) is 0 Å². The highest BCUT2D eigenvalue weighted by Crippen LogP contribution is 2.36. The number of benzene rings is 6. The van der Waals surface area contributed by atoms with E-state index in [1.807, 2.05) is 36.5 Å². The third-order valence-electron chi connectivity index (χ3n) is 8.17. The van der Waals surface area contributed by atoms with Gasteiger partial charge in [0.05, 0.1) is 6.20 Å². The molecule has 5 nitrogen and oxygen atoms in total. The third kappa shape index (κ3) is 3.86. The van der Waals surface area contributed by atoms with Crippen molar-refractivity contribution in [3.63, 3.8) is 0 Å². The molecular formula is C38H22N4O. The molecule has 200 valence electrons. The number of furan rings is 1. The summed E-state index contributed by atoms with van der Waals surface area (Å²) in [6, 6.07) is 41.9. The molecule has 0 radical (unpaired) electrons. The van der Waals surface area contributed by atoms with Crippen molar-refractivity contribution in [3.05, 3.63) is 134 Å². The van der Waals surface area contributed by atoms with Gasteiger partial charge in [0.1, 0.15) is 5.58 Å². The van der Waals surface area contributed by atoms with Crippen LogP contribution in [0.1, 0.15) is 0 Å². The van der Waals surface area contributed by atoms with Gasteiger partial charge in [-0.2, -0.15) is 0 Å². The lowest BCUT2D eigenvalue weighted by Crippen LogP contribution is -2.01. The van der Waals surface area contributed by atoms with Gasteiger partial charge in [-0.1, -0.05) is 103 Å².